The molecule has 4 nitrogen and oxygen atoms in total. The van der Waals surface area contributed by atoms with E-state index in [2.05, 4.69) is 31.4 Å². The number of alkyl halides is 3. The van der Waals surface area contributed by atoms with Crippen molar-refractivity contribution in [3.63, 3.8) is 0 Å². The van der Waals surface area contributed by atoms with Gasteiger partial charge in [0.25, 0.3) is 0 Å². The summed E-state index contributed by atoms with van der Waals surface area (Å²) in [5, 5.41) is 4.92. The van der Waals surface area contributed by atoms with Crippen LogP contribution in [0.1, 0.15) is 45.6 Å². The first-order chi connectivity index (χ1) is 11.5. The highest BCUT2D eigenvalue weighted by molar-refractivity contribution is 6.39. The number of carbonyl (C=O) groups is 2. The van der Waals surface area contributed by atoms with Gasteiger partial charge in [-0.15, -0.1) is 0 Å². The lowest BCUT2D eigenvalue weighted by atomic mass is 9.70. The molecule has 0 heterocycles. The molecule has 1 fully saturated rings. The monoisotopic (exact) mass is 356 g/mol. The fourth-order valence-corrected chi connectivity index (χ4v) is 3.67. The number of rotatable bonds is 2. The lowest BCUT2D eigenvalue weighted by Gasteiger charge is -2.39. The van der Waals surface area contributed by atoms with Crippen LogP contribution in [0.3, 0.4) is 0 Å². The molecule has 1 aromatic carbocycles. The van der Waals surface area contributed by atoms with E-state index in [-0.39, 0.29) is 17.1 Å². The number of halogens is 3. The molecule has 1 aromatic rings. The molecule has 2 rings (SSSR count). The zero-order chi connectivity index (χ0) is 18.8. The Bertz CT molecular complexity index is 656. The molecule has 0 spiro atoms. The maximum Gasteiger partial charge on any atom is 0.416 e. The third kappa shape index (κ3) is 5.47. The van der Waals surface area contributed by atoms with Crippen LogP contribution in [0.15, 0.2) is 24.3 Å². The number of hydrogen-bond donors (Lipinski definition) is 2. The van der Waals surface area contributed by atoms with E-state index in [1.54, 1.807) is 0 Å². The first-order valence-corrected chi connectivity index (χ1v) is 8.25. The largest absolute Gasteiger partial charge is 0.416 e. The van der Waals surface area contributed by atoms with Gasteiger partial charge in [-0.2, -0.15) is 13.2 Å². The molecule has 0 bridgehead atoms. The van der Waals surface area contributed by atoms with E-state index in [1.807, 2.05) is 0 Å². The first kappa shape index (κ1) is 19.3. The van der Waals surface area contributed by atoms with E-state index < -0.39 is 23.6 Å². The summed E-state index contributed by atoms with van der Waals surface area (Å²) in [6, 6.07) is 4.09. The van der Waals surface area contributed by atoms with Crippen molar-refractivity contribution in [2.45, 2.75) is 52.3 Å². The topological polar surface area (TPSA) is 58.2 Å². The second-order valence-corrected chi connectivity index (χ2v) is 7.62. The summed E-state index contributed by atoms with van der Waals surface area (Å²) in [5.41, 5.74) is -0.867. The van der Waals surface area contributed by atoms with Crippen molar-refractivity contribution in [3.05, 3.63) is 29.8 Å². The van der Waals surface area contributed by atoms with Gasteiger partial charge in [-0.05, 0) is 48.8 Å². The number of anilines is 1. The third-order valence-electron chi connectivity index (χ3n) is 4.38. The quantitative estimate of drug-likeness (QED) is 0.788. The van der Waals surface area contributed by atoms with E-state index >= 15 is 0 Å². The van der Waals surface area contributed by atoms with Gasteiger partial charge in [0.2, 0.25) is 0 Å². The zero-order valence-electron chi connectivity index (χ0n) is 14.5. The fraction of sp³-hybridized carbons (Fsp3) is 0.556. The van der Waals surface area contributed by atoms with Crippen LogP contribution in [0.2, 0.25) is 0 Å². The predicted octanol–water partition coefficient (Wildman–Crippen LogP) is 3.97. The van der Waals surface area contributed by atoms with Crippen molar-refractivity contribution >= 4 is 17.5 Å². The van der Waals surface area contributed by atoms with Crippen LogP contribution in [0.4, 0.5) is 18.9 Å². The van der Waals surface area contributed by atoms with E-state index in [0.29, 0.717) is 5.92 Å². The van der Waals surface area contributed by atoms with Crippen molar-refractivity contribution in [1.82, 2.24) is 5.32 Å². The number of hydrogen-bond acceptors (Lipinski definition) is 2. The Hall–Kier alpha value is -2.05. The minimum absolute atomic E-state index is 0.0627. The highest BCUT2D eigenvalue weighted by Crippen LogP contribution is 2.38. The number of nitrogens with one attached hydrogen (secondary N) is 2. The molecule has 1 saturated carbocycles. The molecule has 0 aromatic heterocycles. The third-order valence-corrected chi connectivity index (χ3v) is 4.38. The van der Waals surface area contributed by atoms with Crippen molar-refractivity contribution in [3.8, 4) is 0 Å². The molecule has 0 saturated heterocycles. The second-order valence-electron chi connectivity index (χ2n) is 7.62. The van der Waals surface area contributed by atoms with E-state index in [1.165, 1.54) is 12.1 Å². The highest BCUT2D eigenvalue weighted by atomic mass is 19.4. The van der Waals surface area contributed by atoms with Gasteiger partial charge in [-0.1, -0.05) is 26.8 Å². The van der Waals surface area contributed by atoms with Gasteiger partial charge in [0.1, 0.15) is 0 Å². The standard InChI is InChI=1S/C18H23F3N2O2/c1-11-7-14(10-17(2,3)9-11)23-16(25)15(24)22-13-6-4-5-12(8-13)18(19,20)21/h4-6,8,11,14H,7,9-10H2,1-3H3,(H,22,24)(H,23,25)/t11-,14+/m0/s1. The van der Waals surface area contributed by atoms with Gasteiger partial charge in [0, 0.05) is 11.7 Å². The van der Waals surface area contributed by atoms with Gasteiger partial charge in [-0.3, -0.25) is 9.59 Å². The maximum absolute atomic E-state index is 12.7. The Morgan fingerprint density at radius 1 is 1.16 bits per heavy atom. The summed E-state index contributed by atoms with van der Waals surface area (Å²) in [6.45, 7) is 6.33. The first-order valence-electron chi connectivity index (χ1n) is 8.25. The zero-order valence-corrected chi connectivity index (χ0v) is 14.5. The molecule has 1 aliphatic rings. The van der Waals surface area contributed by atoms with Gasteiger partial charge >= 0.3 is 18.0 Å². The number of amides is 2. The Morgan fingerprint density at radius 2 is 1.84 bits per heavy atom. The molecule has 7 heteroatoms. The van der Waals surface area contributed by atoms with Crippen LogP contribution in [-0.4, -0.2) is 17.9 Å². The summed E-state index contributed by atoms with van der Waals surface area (Å²) < 4.78 is 38.1. The lowest BCUT2D eigenvalue weighted by Crippen LogP contribution is -2.46. The minimum Gasteiger partial charge on any atom is -0.345 e. The smallest absolute Gasteiger partial charge is 0.345 e. The van der Waals surface area contributed by atoms with E-state index in [0.717, 1.165) is 31.4 Å². The van der Waals surface area contributed by atoms with Crippen LogP contribution in [0.25, 0.3) is 0 Å². The van der Waals surface area contributed by atoms with Crippen molar-refractivity contribution in [2.24, 2.45) is 11.3 Å². The Labute approximate surface area is 145 Å². The van der Waals surface area contributed by atoms with Crippen molar-refractivity contribution in [1.29, 1.82) is 0 Å². The van der Waals surface area contributed by atoms with Crippen LogP contribution in [0.5, 0.6) is 0 Å². The molecule has 2 amide bonds. The molecule has 0 radical (unpaired) electrons. The summed E-state index contributed by atoms with van der Waals surface area (Å²) in [5.74, 6) is -1.36. The molecule has 1 aliphatic carbocycles. The van der Waals surface area contributed by atoms with Crippen LogP contribution in [0, 0.1) is 11.3 Å². The molecular weight excluding hydrogens is 333 g/mol. The average Bonchev–Trinajstić information content (AvgIpc) is 2.44. The van der Waals surface area contributed by atoms with E-state index in [4.69, 9.17) is 0 Å². The van der Waals surface area contributed by atoms with Gasteiger partial charge in [0.15, 0.2) is 0 Å². The SMILES string of the molecule is C[C@H]1C[C@@H](NC(=O)C(=O)Nc2cccc(C(F)(F)F)c2)CC(C)(C)C1. The molecule has 2 N–H and O–H groups in total. The molecule has 0 unspecified atom stereocenters. The van der Waals surface area contributed by atoms with Gasteiger partial charge in [-0.25, -0.2) is 0 Å². The minimum atomic E-state index is -4.51. The molecule has 138 valence electrons. The Kier molecular flexibility index (Phi) is 5.44. The molecule has 2 atom stereocenters. The van der Waals surface area contributed by atoms with Crippen LogP contribution < -0.4 is 10.6 Å². The summed E-state index contributed by atoms with van der Waals surface area (Å²) in [4.78, 5) is 24.1. The second kappa shape index (κ2) is 7.06. The summed E-state index contributed by atoms with van der Waals surface area (Å²) in [6.07, 6.45) is -1.91. The molecular formula is C18H23F3N2O2. The summed E-state index contributed by atoms with van der Waals surface area (Å²) in [7, 11) is 0. The maximum atomic E-state index is 12.7. The average molecular weight is 356 g/mol. The highest BCUT2D eigenvalue weighted by Gasteiger charge is 2.34. The van der Waals surface area contributed by atoms with Gasteiger partial charge < -0.3 is 10.6 Å². The fourth-order valence-electron chi connectivity index (χ4n) is 3.67. The van der Waals surface area contributed by atoms with E-state index in [9.17, 15) is 22.8 Å². The van der Waals surface area contributed by atoms with Gasteiger partial charge in [0.05, 0.1) is 5.56 Å². The normalized spacial score (nSPS) is 23.0. The van der Waals surface area contributed by atoms with Crippen LogP contribution >= 0.6 is 0 Å². The Balaban J connectivity index is 1.98. The Morgan fingerprint density at radius 3 is 2.44 bits per heavy atom. The number of carbonyl (C=O) groups excluding carboxylic acids is 2. The van der Waals surface area contributed by atoms with Crippen molar-refractivity contribution < 1.29 is 22.8 Å². The number of benzene rings is 1. The van der Waals surface area contributed by atoms with Crippen LogP contribution in [-0.2, 0) is 15.8 Å². The van der Waals surface area contributed by atoms with Crippen molar-refractivity contribution in [2.75, 3.05) is 5.32 Å². The predicted molar refractivity (Wildman–Crippen MR) is 88.8 cm³/mol. The molecule has 25 heavy (non-hydrogen) atoms. The lowest BCUT2D eigenvalue weighted by molar-refractivity contribution is -0.137. The molecule has 0 aliphatic heterocycles. The summed E-state index contributed by atoms with van der Waals surface area (Å²) >= 11 is 0.